The second kappa shape index (κ2) is 23.8. The molecular weight excluding hydrogens is 1090 g/mol. The van der Waals surface area contributed by atoms with Crippen LogP contribution >= 0.6 is 0 Å². The van der Waals surface area contributed by atoms with Gasteiger partial charge in [-0.1, -0.05) is 58.4 Å². The maximum Gasteiger partial charge on any atom is 0.315 e. The van der Waals surface area contributed by atoms with E-state index < -0.39 is 183 Å². The lowest BCUT2D eigenvalue weighted by molar-refractivity contribution is -0.386. The highest BCUT2D eigenvalue weighted by molar-refractivity contribution is 5.79. The summed E-state index contributed by atoms with van der Waals surface area (Å²) < 4.78 is 55.9. The number of ether oxygens (including phenoxy) is 9. The van der Waals surface area contributed by atoms with E-state index in [4.69, 9.17) is 42.6 Å². The van der Waals surface area contributed by atoms with E-state index in [0.717, 1.165) is 31.3 Å². The van der Waals surface area contributed by atoms with Crippen molar-refractivity contribution in [2.45, 2.75) is 266 Å². The molecule has 9 fully saturated rings. The van der Waals surface area contributed by atoms with Crippen LogP contribution in [0.4, 0.5) is 0 Å². The smallest absolute Gasteiger partial charge is 0.315 e. The van der Waals surface area contributed by atoms with E-state index >= 15 is 0 Å². The van der Waals surface area contributed by atoms with E-state index in [0.29, 0.717) is 38.5 Å². The number of rotatable bonds is 12. The summed E-state index contributed by atoms with van der Waals surface area (Å²) >= 11 is 0. The summed E-state index contributed by atoms with van der Waals surface area (Å²) in [5.74, 6) is -1.45. The Morgan fingerprint density at radius 1 is 0.614 bits per heavy atom. The molecule has 32 atom stereocenters. The Morgan fingerprint density at radius 3 is 1.94 bits per heavy atom. The van der Waals surface area contributed by atoms with Crippen LogP contribution < -0.4 is 0 Å². The largest absolute Gasteiger partial charge is 0.432 e. The van der Waals surface area contributed by atoms with Crippen molar-refractivity contribution in [3.8, 4) is 0 Å². The molecule has 0 aromatic carbocycles. The molecule has 0 aromatic heterocycles. The van der Waals surface area contributed by atoms with E-state index in [1.165, 1.54) is 19.4 Å². The zero-order chi connectivity index (χ0) is 60.4. The van der Waals surface area contributed by atoms with Crippen molar-refractivity contribution in [3.63, 3.8) is 0 Å². The van der Waals surface area contributed by atoms with Crippen LogP contribution in [-0.4, -0.2) is 245 Å². The number of allylic oxidation sites excluding steroid dienone is 3. The first-order chi connectivity index (χ1) is 39.0. The Hall–Kier alpha value is -1.93. The van der Waals surface area contributed by atoms with Gasteiger partial charge in [0.25, 0.3) is 0 Å². The molecule has 10 aliphatic rings. The minimum absolute atomic E-state index is 0.0841. The fourth-order valence-corrected chi connectivity index (χ4v) is 17.6. The first kappa shape index (κ1) is 64.1. The standard InChI is InChI=1S/C59H94O24/c1-24-11-16-59(54(74)83-51-45(72)43(70)40(67)32(22-61)79-51)18-17-57(7)28(29(59)19-24)9-10-34-56(6)14-13-35(55(4,5)33(56)12-15-58(34,57)8)80-53-49(47(30(62)23-75-53)78-31-20-27(21-60)38(65)42(69)39(31)66)82-52-46(73)48(37(64)26(3)77-52)81-50-44(71)41(68)36(63)25(2)76-50/h9,25-27,29-53,60-73H,1,10-23H2,2-8H3/t25-,26-,27-,29+,30+,31-,32-,33+,34-,35+,36-,37-,38-,39+,40-,41+,42+,43+,44+,45-,46+,47+,48+,49-,50+,51+,52+,53+,56+,57-,58-,59+/m1/s1. The third kappa shape index (κ3) is 10.6. The fraction of sp³-hybridized carbons (Fsp3) is 0.915. The lowest BCUT2D eigenvalue weighted by Gasteiger charge is -2.71. The number of esters is 1. The average Bonchev–Trinajstić information content (AvgIpc) is 1.35. The summed E-state index contributed by atoms with van der Waals surface area (Å²) in [5, 5.41) is 152. The second-order valence-electron chi connectivity index (χ2n) is 27.7. The Kier molecular flexibility index (Phi) is 18.4. The topological polar surface area (TPSA) is 383 Å². The zero-order valence-corrected chi connectivity index (χ0v) is 48.7. The maximum atomic E-state index is 14.7. The van der Waals surface area contributed by atoms with Gasteiger partial charge in [-0.15, -0.1) is 0 Å². The van der Waals surface area contributed by atoms with Gasteiger partial charge in [-0.3, -0.25) is 4.79 Å². The van der Waals surface area contributed by atoms with Gasteiger partial charge in [0.05, 0.1) is 49.1 Å². The molecule has 4 aliphatic heterocycles. The number of hydrogen-bond acceptors (Lipinski definition) is 24. The molecule has 0 aromatic rings. The van der Waals surface area contributed by atoms with Crippen LogP contribution in [-0.2, 0) is 47.4 Å². The van der Waals surface area contributed by atoms with Gasteiger partial charge in [-0.05, 0) is 118 Å². The minimum Gasteiger partial charge on any atom is -0.432 e. The number of aliphatic hydroxyl groups excluding tert-OH is 14. The average molecular weight is 1190 g/mol. The number of hydrogen-bond donors (Lipinski definition) is 14. The molecule has 6 aliphatic carbocycles. The van der Waals surface area contributed by atoms with Gasteiger partial charge < -0.3 is 114 Å². The normalized spacial score (nSPS) is 54.5. The van der Waals surface area contributed by atoms with Gasteiger partial charge >= 0.3 is 5.97 Å². The Morgan fingerprint density at radius 2 is 1.25 bits per heavy atom. The van der Waals surface area contributed by atoms with Crippen LogP contribution in [0.25, 0.3) is 0 Å². The number of fused-ring (bicyclic) bond motifs is 7. The first-order valence-electron chi connectivity index (χ1n) is 30.2. The van der Waals surface area contributed by atoms with E-state index in [-0.39, 0.29) is 47.0 Å². The maximum absolute atomic E-state index is 14.7. The van der Waals surface area contributed by atoms with Crippen molar-refractivity contribution in [1.82, 2.24) is 0 Å². The molecule has 4 saturated heterocycles. The van der Waals surface area contributed by atoms with Gasteiger partial charge in [0.2, 0.25) is 6.29 Å². The lowest BCUT2D eigenvalue weighted by atomic mass is 9.34. The molecule has 0 spiro atoms. The molecule has 5 saturated carbocycles. The van der Waals surface area contributed by atoms with Gasteiger partial charge in [-0.25, -0.2) is 0 Å². The molecule has 14 N–H and O–H groups in total. The fourth-order valence-electron chi connectivity index (χ4n) is 17.6. The number of aliphatic hydroxyl groups is 14. The zero-order valence-electron chi connectivity index (χ0n) is 48.7. The number of carbonyl (C=O) groups excluding carboxylic acids is 1. The third-order valence-corrected chi connectivity index (χ3v) is 23.0. The van der Waals surface area contributed by atoms with Crippen LogP contribution in [0.1, 0.15) is 119 Å². The highest BCUT2D eigenvalue weighted by atomic mass is 16.8. The van der Waals surface area contributed by atoms with Gasteiger partial charge in [-0.2, -0.15) is 0 Å². The Labute approximate surface area is 484 Å². The van der Waals surface area contributed by atoms with Gasteiger partial charge in [0.1, 0.15) is 91.6 Å². The molecule has 10 rings (SSSR count). The quantitative estimate of drug-likeness (QED) is 0.0612. The van der Waals surface area contributed by atoms with Crippen molar-refractivity contribution in [1.29, 1.82) is 0 Å². The van der Waals surface area contributed by atoms with E-state index in [1.54, 1.807) is 0 Å². The highest BCUT2D eigenvalue weighted by Gasteiger charge is 2.70. The molecular formula is C59H94O24. The van der Waals surface area contributed by atoms with Crippen molar-refractivity contribution in [3.05, 3.63) is 23.8 Å². The van der Waals surface area contributed by atoms with Crippen molar-refractivity contribution in [2.75, 3.05) is 19.8 Å². The first-order valence-corrected chi connectivity index (χ1v) is 30.2. The Bertz CT molecular complexity index is 2340. The lowest BCUT2D eigenvalue weighted by Crippen LogP contribution is -2.67. The molecule has 4 heterocycles. The van der Waals surface area contributed by atoms with E-state index in [2.05, 4.69) is 47.3 Å². The van der Waals surface area contributed by atoms with Crippen LogP contribution in [0.3, 0.4) is 0 Å². The van der Waals surface area contributed by atoms with Crippen molar-refractivity contribution >= 4 is 5.97 Å². The summed E-state index contributed by atoms with van der Waals surface area (Å²) in [7, 11) is 0. The molecule has 0 bridgehead atoms. The third-order valence-electron chi connectivity index (χ3n) is 23.0. The predicted octanol–water partition coefficient (Wildman–Crippen LogP) is -1.32. The van der Waals surface area contributed by atoms with E-state index in [9.17, 15) is 76.3 Å². The molecule has 24 nitrogen and oxygen atoms in total. The summed E-state index contributed by atoms with van der Waals surface area (Å²) in [5.41, 5.74) is -0.125. The summed E-state index contributed by atoms with van der Waals surface area (Å²) in [6, 6.07) is 0. The van der Waals surface area contributed by atoms with Crippen LogP contribution in [0.2, 0.25) is 0 Å². The highest BCUT2D eigenvalue weighted by Crippen LogP contribution is 2.75. The second-order valence-corrected chi connectivity index (χ2v) is 27.7. The predicted molar refractivity (Wildman–Crippen MR) is 285 cm³/mol. The number of carbonyl (C=O) groups is 1. The molecule has 0 amide bonds. The summed E-state index contributed by atoms with van der Waals surface area (Å²) in [6.45, 7) is 17.3. The van der Waals surface area contributed by atoms with Gasteiger partial charge in [0, 0.05) is 18.4 Å². The monoisotopic (exact) mass is 1190 g/mol. The summed E-state index contributed by atoms with van der Waals surface area (Å²) in [4.78, 5) is 14.7. The molecule has 0 unspecified atom stereocenters. The van der Waals surface area contributed by atoms with Gasteiger partial charge in [0.15, 0.2) is 18.9 Å². The Balaban J connectivity index is 0.908. The molecule has 474 valence electrons. The van der Waals surface area contributed by atoms with Crippen molar-refractivity contribution < 1.29 is 119 Å². The van der Waals surface area contributed by atoms with Crippen LogP contribution in [0, 0.1) is 50.7 Å². The van der Waals surface area contributed by atoms with E-state index in [1.807, 2.05) is 0 Å². The molecule has 24 heteroatoms. The summed E-state index contributed by atoms with van der Waals surface area (Å²) in [6.07, 6.45) is -26.9. The molecule has 83 heavy (non-hydrogen) atoms. The minimum atomic E-state index is -1.86. The van der Waals surface area contributed by atoms with Crippen LogP contribution in [0.15, 0.2) is 23.8 Å². The van der Waals surface area contributed by atoms with Crippen molar-refractivity contribution in [2.24, 2.45) is 50.7 Å². The SMILES string of the molecule is C=C1CC[C@]2(C(=O)O[C@@H]3O[C@H](CO)[C@@H](O)[C@H](O)[C@H]3O)CC[C@]3(C)C(=CC[C@@H]4[C@@]5(C)CC[C@H](O[C@@H]6OC[C@H](O)[C@H](O[C@@H]7C[C@H](CO)[C@@H](O)[C@H](O)[C@H]7O)[C@H]6O[C@@H]6O[C@H](C)[C@@H](O)[C@H](O[C@@H]7O[C@H](C)[C@@H](O)[C@H](O)[C@@H]7O)[C@@H]6O)C(C)(C)[C@@H]5CC[C@]43C)[C@@H]2C1. The molecule has 0 radical (unpaired) electrons. The van der Waals surface area contributed by atoms with Crippen LogP contribution in [0.5, 0.6) is 0 Å².